The van der Waals surface area contributed by atoms with Gasteiger partial charge in [0, 0.05) is 12.5 Å². The Bertz CT molecular complexity index is 308. The second-order valence-corrected chi connectivity index (χ2v) is 3.16. The van der Waals surface area contributed by atoms with Crippen LogP contribution in [0.1, 0.15) is 24.9 Å². The second kappa shape index (κ2) is 5.31. The smallest absolute Gasteiger partial charge is 0.119 e. The second-order valence-electron chi connectivity index (χ2n) is 3.16. The molecular weight excluding hydrogens is 174 g/mol. The van der Waals surface area contributed by atoms with E-state index in [2.05, 4.69) is 5.92 Å². The molecular formula is C12H15NO. The minimum atomic E-state index is 0.0646. The van der Waals surface area contributed by atoms with Crippen LogP contribution in [-0.4, -0.2) is 6.61 Å². The Kier molecular flexibility index (Phi) is 4.03. The summed E-state index contributed by atoms with van der Waals surface area (Å²) >= 11 is 0. The predicted molar refractivity (Wildman–Crippen MR) is 58.0 cm³/mol. The first-order valence-corrected chi connectivity index (χ1v) is 4.66. The van der Waals surface area contributed by atoms with Crippen LogP contribution in [0.4, 0.5) is 0 Å². The number of nitrogens with two attached hydrogens (primary N) is 1. The highest BCUT2D eigenvalue weighted by atomic mass is 16.5. The van der Waals surface area contributed by atoms with Crippen LogP contribution in [0, 0.1) is 12.3 Å². The third-order valence-corrected chi connectivity index (χ3v) is 1.92. The van der Waals surface area contributed by atoms with Crippen LogP contribution in [0.15, 0.2) is 24.3 Å². The third-order valence-electron chi connectivity index (χ3n) is 1.92. The van der Waals surface area contributed by atoms with Crippen LogP contribution in [-0.2, 0) is 0 Å². The zero-order valence-corrected chi connectivity index (χ0v) is 8.36. The van der Waals surface area contributed by atoms with E-state index in [9.17, 15) is 0 Å². The quantitative estimate of drug-likeness (QED) is 0.581. The van der Waals surface area contributed by atoms with E-state index in [-0.39, 0.29) is 6.04 Å². The van der Waals surface area contributed by atoms with Crippen LogP contribution >= 0.6 is 0 Å². The van der Waals surface area contributed by atoms with Gasteiger partial charge in [0.05, 0.1) is 6.61 Å². The van der Waals surface area contributed by atoms with Crippen LogP contribution in [0.25, 0.3) is 0 Å². The van der Waals surface area contributed by atoms with Crippen molar-refractivity contribution in [2.24, 2.45) is 5.73 Å². The number of ether oxygens (including phenoxy) is 1. The van der Waals surface area contributed by atoms with Gasteiger partial charge in [-0.2, -0.15) is 0 Å². The molecule has 0 aromatic heterocycles. The molecule has 0 aliphatic heterocycles. The van der Waals surface area contributed by atoms with E-state index in [0.717, 1.165) is 11.3 Å². The van der Waals surface area contributed by atoms with Crippen molar-refractivity contribution in [3.8, 4) is 18.1 Å². The number of hydrogen-bond acceptors (Lipinski definition) is 2. The summed E-state index contributed by atoms with van der Waals surface area (Å²) in [7, 11) is 0. The average molecular weight is 189 g/mol. The molecule has 0 amide bonds. The van der Waals surface area contributed by atoms with Crippen molar-refractivity contribution in [1.82, 2.24) is 0 Å². The fourth-order valence-electron chi connectivity index (χ4n) is 1.10. The maximum Gasteiger partial charge on any atom is 0.119 e. The summed E-state index contributed by atoms with van der Waals surface area (Å²) in [5.41, 5.74) is 6.82. The molecule has 0 aliphatic rings. The van der Waals surface area contributed by atoms with Crippen LogP contribution in [0.5, 0.6) is 5.75 Å². The molecule has 0 radical (unpaired) electrons. The summed E-state index contributed by atoms with van der Waals surface area (Å²) in [5.74, 6) is 3.36. The molecule has 2 heteroatoms. The van der Waals surface area contributed by atoms with E-state index in [1.165, 1.54) is 0 Å². The van der Waals surface area contributed by atoms with E-state index < -0.39 is 0 Å². The lowest BCUT2D eigenvalue weighted by atomic mass is 10.1. The highest BCUT2D eigenvalue weighted by Gasteiger charge is 1.98. The van der Waals surface area contributed by atoms with E-state index >= 15 is 0 Å². The van der Waals surface area contributed by atoms with Crippen molar-refractivity contribution in [2.75, 3.05) is 6.61 Å². The van der Waals surface area contributed by atoms with E-state index in [0.29, 0.717) is 13.0 Å². The van der Waals surface area contributed by atoms with Crippen molar-refractivity contribution in [3.63, 3.8) is 0 Å². The van der Waals surface area contributed by atoms with Crippen molar-refractivity contribution < 1.29 is 4.74 Å². The number of hydrogen-bond donors (Lipinski definition) is 1. The first kappa shape index (κ1) is 10.6. The minimum absolute atomic E-state index is 0.0646. The highest BCUT2D eigenvalue weighted by molar-refractivity contribution is 5.28. The third kappa shape index (κ3) is 3.12. The normalized spacial score (nSPS) is 11.8. The van der Waals surface area contributed by atoms with Crippen LogP contribution < -0.4 is 10.5 Å². The molecule has 1 unspecified atom stereocenters. The largest absolute Gasteiger partial charge is 0.493 e. The van der Waals surface area contributed by atoms with Gasteiger partial charge in [0.15, 0.2) is 0 Å². The van der Waals surface area contributed by atoms with Gasteiger partial charge >= 0.3 is 0 Å². The molecule has 1 atom stereocenters. The lowest BCUT2D eigenvalue weighted by Crippen LogP contribution is -2.04. The molecule has 0 bridgehead atoms. The van der Waals surface area contributed by atoms with Crippen LogP contribution in [0.2, 0.25) is 0 Å². The number of benzene rings is 1. The van der Waals surface area contributed by atoms with Gasteiger partial charge in [0.1, 0.15) is 5.75 Å². The molecule has 0 spiro atoms. The summed E-state index contributed by atoms with van der Waals surface area (Å²) in [4.78, 5) is 0. The van der Waals surface area contributed by atoms with Crippen molar-refractivity contribution in [2.45, 2.75) is 19.4 Å². The monoisotopic (exact) mass is 189 g/mol. The molecule has 0 saturated heterocycles. The molecule has 14 heavy (non-hydrogen) atoms. The molecule has 2 N–H and O–H groups in total. The first-order chi connectivity index (χ1) is 6.74. The minimum Gasteiger partial charge on any atom is -0.493 e. The van der Waals surface area contributed by atoms with E-state index in [1.807, 2.05) is 31.2 Å². The zero-order chi connectivity index (χ0) is 10.4. The molecule has 1 aromatic rings. The molecule has 0 saturated carbocycles. The molecule has 74 valence electrons. The maximum absolute atomic E-state index is 5.72. The van der Waals surface area contributed by atoms with Gasteiger partial charge in [0.2, 0.25) is 0 Å². The Hall–Kier alpha value is -1.46. The summed E-state index contributed by atoms with van der Waals surface area (Å²) in [6, 6.07) is 7.82. The van der Waals surface area contributed by atoms with Crippen molar-refractivity contribution >= 4 is 0 Å². The van der Waals surface area contributed by atoms with Gasteiger partial charge < -0.3 is 10.5 Å². The van der Waals surface area contributed by atoms with Gasteiger partial charge in [-0.3, -0.25) is 0 Å². The highest BCUT2D eigenvalue weighted by Crippen LogP contribution is 2.15. The van der Waals surface area contributed by atoms with Gasteiger partial charge in [0.25, 0.3) is 0 Å². The van der Waals surface area contributed by atoms with Gasteiger partial charge in [-0.1, -0.05) is 12.1 Å². The fraction of sp³-hybridized carbons (Fsp3) is 0.333. The summed E-state index contributed by atoms with van der Waals surface area (Å²) in [6.45, 7) is 2.52. The Labute approximate surface area is 85.1 Å². The zero-order valence-electron chi connectivity index (χ0n) is 8.36. The SMILES string of the molecule is C#CCCOc1ccc(C(C)N)cc1. The predicted octanol–water partition coefficient (Wildman–Crippen LogP) is 2.11. The number of rotatable bonds is 4. The first-order valence-electron chi connectivity index (χ1n) is 4.66. The number of terminal acetylenes is 1. The molecule has 1 rings (SSSR count). The maximum atomic E-state index is 5.72. The van der Waals surface area contributed by atoms with E-state index in [4.69, 9.17) is 16.9 Å². The van der Waals surface area contributed by atoms with E-state index in [1.54, 1.807) is 0 Å². The fourth-order valence-corrected chi connectivity index (χ4v) is 1.10. The Balaban J connectivity index is 2.52. The summed E-state index contributed by atoms with van der Waals surface area (Å²) in [6.07, 6.45) is 5.74. The lowest BCUT2D eigenvalue weighted by molar-refractivity contribution is 0.327. The molecule has 1 aromatic carbocycles. The van der Waals surface area contributed by atoms with Gasteiger partial charge in [-0.25, -0.2) is 0 Å². The Morgan fingerprint density at radius 3 is 2.57 bits per heavy atom. The molecule has 0 aliphatic carbocycles. The van der Waals surface area contributed by atoms with Crippen LogP contribution in [0.3, 0.4) is 0 Å². The Morgan fingerprint density at radius 1 is 1.43 bits per heavy atom. The average Bonchev–Trinajstić information content (AvgIpc) is 2.19. The molecule has 0 heterocycles. The summed E-state index contributed by atoms with van der Waals surface area (Å²) < 4.78 is 5.40. The van der Waals surface area contributed by atoms with Gasteiger partial charge in [-0.15, -0.1) is 12.3 Å². The summed E-state index contributed by atoms with van der Waals surface area (Å²) in [5, 5.41) is 0. The van der Waals surface area contributed by atoms with Gasteiger partial charge in [-0.05, 0) is 24.6 Å². The standard InChI is InChI=1S/C12H15NO/c1-3-4-9-14-12-7-5-11(6-8-12)10(2)13/h1,5-8,10H,4,9,13H2,2H3. The molecule has 2 nitrogen and oxygen atoms in total. The van der Waals surface area contributed by atoms with Crippen molar-refractivity contribution in [3.05, 3.63) is 29.8 Å². The topological polar surface area (TPSA) is 35.2 Å². The molecule has 0 fully saturated rings. The lowest BCUT2D eigenvalue weighted by Gasteiger charge is -2.07. The Morgan fingerprint density at radius 2 is 2.07 bits per heavy atom. The van der Waals surface area contributed by atoms with Crippen molar-refractivity contribution in [1.29, 1.82) is 0 Å².